The molecular formula is C10H4F5NO. The molecule has 2 aromatic rings. The van der Waals surface area contributed by atoms with Crippen LogP contribution in [0, 0.1) is 17.5 Å². The third-order valence-electron chi connectivity index (χ3n) is 2.21. The number of aromatic nitrogens is 1. The smallest absolute Gasteiger partial charge is 0.278 e. The second-order valence-electron chi connectivity index (χ2n) is 3.29. The van der Waals surface area contributed by atoms with Gasteiger partial charge in [0.25, 0.3) is 6.43 Å². The van der Waals surface area contributed by atoms with E-state index in [0.717, 1.165) is 0 Å². The number of H-pyrrole nitrogens is 1. The summed E-state index contributed by atoms with van der Waals surface area (Å²) in [6, 6.07) is 0.595. The van der Waals surface area contributed by atoms with Gasteiger partial charge in [0.2, 0.25) is 0 Å². The lowest BCUT2D eigenvalue weighted by Crippen LogP contribution is -2.10. The Morgan fingerprint density at radius 2 is 1.71 bits per heavy atom. The summed E-state index contributed by atoms with van der Waals surface area (Å²) in [6.07, 6.45) is -3.04. The number of aromatic amines is 1. The first-order chi connectivity index (χ1) is 7.91. The Hall–Kier alpha value is -1.92. The van der Waals surface area contributed by atoms with E-state index in [9.17, 15) is 26.7 Å². The van der Waals surface area contributed by atoms with Gasteiger partial charge in [0, 0.05) is 12.1 Å². The van der Waals surface area contributed by atoms with E-state index in [1.54, 1.807) is 0 Å². The fraction of sp³-hybridized carbons (Fsp3) is 0.100. The monoisotopic (exact) mass is 249 g/mol. The molecule has 0 bridgehead atoms. The number of pyridine rings is 1. The number of benzene rings is 1. The average Bonchev–Trinajstić information content (AvgIpc) is 2.25. The number of halogens is 5. The van der Waals surface area contributed by atoms with Gasteiger partial charge in [-0.3, -0.25) is 4.79 Å². The van der Waals surface area contributed by atoms with Gasteiger partial charge in [0.1, 0.15) is 0 Å². The van der Waals surface area contributed by atoms with Crippen molar-refractivity contribution in [2.24, 2.45) is 0 Å². The summed E-state index contributed by atoms with van der Waals surface area (Å²) < 4.78 is 63.9. The fourth-order valence-electron chi connectivity index (χ4n) is 1.46. The molecule has 0 aliphatic rings. The first-order valence-electron chi connectivity index (χ1n) is 4.40. The van der Waals surface area contributed by atoms with Crippen LogP contribution in [-0.4, -0.2) is 4.98 Å². The summed E-state index contributed by atoms with van der Waals surface area (Å²) in [5, 5.41) is -0.910. The lowest BCUT2D eigenvalue weighted by molar-refractivity contribution is 0.146. The molecule has 0 aliphatic carbocycles. The minimum Gasteiger partial charge on any atom is -0.351 e. The minimum absolute atomic E-state index is 0.183. The van der Waals surface area contributed by atoms with Crippen LogP contribution in [-0.2, 0) is 0 Å². The maximum absolute atomic E-state index is 13.2. The molecule has 2 nitrogen and oxygen atoms in total. The molecule has 1 N–H and O–H groups in total. The SMILES string of the molecule is O=c1cc(C(F)F)[nH]c2c(F)cc(F)c(F)c12. The van der Waals surface area contributed by atoms with Gasteiger partial charge < -0.3 is 4.98 Å². The predicted octanol–water partition coefficient (Wildman–Crippen LogP) is 2.88. The average molecular weight is 249 g/mol. The third kappa shape index (κ3) is 1.77. The van der Waals surface area contributed by atoms with Crippen molar-refractivity contribution in [3.8, 4) is 0 Å². The number of hydrogen-bond donors (Lipinski definition) is 1. The van der Waals surface area contributed by atoms with Crippen LogP contribution < -0.4 is 5.43 Å². The normalized spacial score (nSPS) is 11.4. The Bertz CT molecular complexity index is 649. The van der Waals surface area contributed by atoms with Gasteiger partial charge in [0.15, 0.2) is 22.9 Å². The van der Waals surface area contributed by atoms with Gasteiger partial charge in [-0.25, -0.2) is 22.0 Å². The molecule has 2 rings (SSSR count). The van der Waals surface area contributed by atoms with E-state index >= 15 is 0 Å². The highest BCUT2D eigenvalue weighted by molar-refractivity contribution is 5.80. The highest BCUT2D eigenvalue weighted by Gasteiger charge is 2.18. The molecular weight excluding hydrogens is 245 g/mol. The first-order valence-corrected chi connectivity index (χ1v) is 4.40. The molecule has 0 saturated carbocycles. The number of fused-ring (bicyclic) bond motifs is 1. The standard InChI is InChI=1S/C10H4F5NO/c11-3-1-4(12)9-7(8(3)13)6(17)2-5(16-9)10(14)15/h1-2,10H,(H,16,17). The molecule has 0 atom stereocenters. The molecule has 7 heteroatoms. The maximum Gasteiger partial charge on any atom is 0.278 e. The van der Waals surface area contributed by atoms with Crippen LogP contribution >= 0.6 is 0 Å². The van der Waals surface area contributed by atoms with E-state index in [0.29, 0.717) is 6.07 Å². The molecule has 0 amide bonds. The zero-order valence-electron chi connectivity index (χ0n) is 8.03. The van der Waals surface area contributed by atoms with Crippen molar-refractivity contribution in [1.82, 2.24) is 4.98 Å². The Labute approximate surface area is 90.7 Å². The summed E-state index contributed by atoms with van der Waals surface area (Å²) in [5.41, 5.74) is -2.83. The van der Waals surface area contributed by atoms with Gasteiger partial charge in [0.05, 0.1) is 16.6 Å². The molecule has 0 saturated heterocycles. The summed E-state index contributed by atoms with van der Waals surface area (Å²) in [6.45, 7) is 0. The number of rotatable bonds is 1. The Kier molecular flexibility index (Phi) is 2.60. The van der Waals surface area contributed by atoms with E-state index in [4.69, 9.17) is 0 Å². The number of alkyl halides is 2. The molecule has 1 aromatic heterocycles. The van der Waals surface area contributed by atoms with Crippen LogP contribution in [0.4, 0.5) is 22.0 Å². The molecule has 90 valence electrons. The second kappa shape index (κ2) is 3.83. The van der Waals surface area contributed by atoms with Gasteiger partial charge in [-0.05, 0) is 0 Å². The van der Waals surface area contributed by atoms with Crippen molar-refractivity contribution in [3.63, 3.8) is 0 Å². The van der Waals surface area contributed by atoms with Crippen molar-refractivity contribution in [3.05, 3.63) is 45.5 Å². The van der Waals surface area contributed by atoms with E-state index < -0.39 is 45.9 Å². The summed E-state index contributed by atoms with van der Waals surface area (Å²) >= 11 is 0. The van der Waals surface area contributed by atoms with E-state index in [1.165, 1.54) is 0 Å². The van der Waals surface area contributed by atoms with Gasteiger partial charge in [-0.2, -0.15) is 0 Å². The zero-order chi connectivity index (χ0) is 12.7. The van der Waals surface area contributed by atoms with Crippen LogP contribution in [0.3, 0.4) is 0 Å². The maximum atomic E-state index is 13.2. The highest BCUT2D eigenvalue weighted by atomic mass is 19.3. The number of nitrogens with one attached hydrogen (secondary N) is 1. The van der Waals surface area contributed by atoms with E-state index in [-0.39, 0.29) is 6.07 Å². The van der Waals surface area contributed by atoms with Crippen molar-refractivity contribution >= 4 is 10.9 Å². The third-order valence-corrected chi connectivity index (χ3v) is 2.21. The summed E-state index contributed by atoms with van der Waals surface area (Å²) in [5.74, 6) is -4.42. The van der Waals surface area contributed by atoms with Crippen LogP contribution in [0.25, 0.3) is 10.9 Å². The van der Waals surface area contributed by atoms with Crippen molar-refractivity contribution in [2.45, 2.75) is 6.43 Å². The second-order valence-corrected chi connectivity index (χ2v) is 3.29. The Balaban J connectivity index is 2.96. The molecule has 0 fully saturated rings. The van der Waals surface area contributed by atoms with Crippen molar-refractivity contribution in [2.75, 3.05) is 0 Å². The van der Waals surface area contributed by atoms with Crippen molar-refractivity contribution in [1.29, 1.82) is 0 Å². The Morgan fingerprint density at radius 3 is 2.29 bits per heavy atom. The molecule has 0 radical (unpaired) electrons. The van der Waals surface area contributed by atoms with E-state index in [1.807, 2.05) is 4.98 Å². The van der Waals surface area contributed by atoms with Crippen molar-refractivity contribution < 1.29 is 22.0 Å². The Morgan fingerprint density at radius 1 is 1.06 bits per heavy atom. The molecule has 1 heterocycles. The molecule has 0 spiro atoms. The van der Waals surface area contributed by atoms with Crippen LogP contribution in [0.1, 0.15) is 12.1 Å². The summed E-state index contributed by atoms with van der Waals surface area (Å²) in [7, 11) is 0. The number of hydrogen-bond acceptors (Lipinski definition) is 1. The largest absolute Gasteiger partial charge is 0.351 e. The van der Waals surface area contributed by atoms with Gasteiger partial charge in [-0.1, -0.05) is 0 Å². The zero-order valence-corrected chi connectivity index (χ0v) is 8.03. The highest BCUT2D eigenvalue weighted by Crippen LogP contribution is 2.22. The molecule has 1 aromatic carbocycles. The van der Waals surface area contributed by atoms with Crippen LogP contribution in [0.2, 0.25) is 0 Å². The molecule has 0 unspecified atom stereocenters. The minimum atomic E-state index is -3.04. The van der Waals surface area contributed by atoms with E-state index in [2.05, 4.69) is 0 Å². The topological polar surface area (TPSA) is 32.9 Å². The van der Waals surface area contributed by atoms with Gasteiger partial charge >= 0.3 is 0 Å². The van der Waals surface area contributed by atoms with Crippen LogP contribution in [0.15, 0.2) is 16.9 Å². The summed E-state index contributed by atoms with van der Waals surface area (Å²) in [4.78, 5) is 13.2. The molecule has 0 aliphatic heterocycles. The predicted molar refractivity (Wildman–Crippen MR) is 49.4 cm³/mol. The fourth-order valence-corrected chi connectivity index (χ4v) is 1.46. The first kappa shape index (κ1) is 11.6. The van der Waals surface area contributed by atoms with Crippen LogP contribution in [0.5, 0.6) is 0 Å². The quantitative estimate of drug-likeness (QED) is 0.611. The lowest BCUT2D eigenvalue weighted by Gasteiger charge is -2.05. The lowest BCUT2D eigenvalue weighted by atomic mass is 10.1. The molecule has 17 heavy (non-hydrogen) atoms. The van der Waals surface area contributed by atoms with Gasteiger partial charge in [-0.15, -0.1) is 0 Å².